The van der Waals surface area contributed by atoms with Gasteiger partial charge in [-0.3, -0.25) is 0 Å². The largest absolute Gasteiger partial charge is 0.335 e. The molecule has 0 atom stereocenters. The van der Waals surface area contributed by atoms with Gasteiger partial charge in [0, 0.05) is 11.3 Å². The number of benzene rings is 1. The van der Waals surface area contributed by atoms with Crippen molar-refractivity contribution in [1.82, 2.24) is 9.97 Å². The molecule has 2 aromatic rings. The smallest absolute Gasteiger partial charge is 0.197 e. The van der Waals surface area contributed by atoms with Crippen molar-refractivity contribution in [3.8, 4) is 11.3 Å². The van der Waals surface area contributed by atoms with Gasteiger partial charge < -0.3 is 4.98 Å². The van der Waals surface area contributed by atoms with Gasteiger partial charge in [0.2, 0.25) is 0 Å². The van der Waals surface area contributed by atoms with Crippen LogP contribution in [0.2, 0.25) is 0 Å². The van der Waals surface area contributed by atoms with Crippen molar-refractivity contribution in [2.75, 3.05) is 0 Å². The van der Waals surface area contributed by atoms with Gasteiger partial charge >= 0.3 is 0 Å². The Balaban J connectivity index is 2.58. The van der Waals surface area contributed by atoms with Crippen molar-refractivity contribution >= 4 is 12.2 Å². The third-order valence-electron chi connectivity index (χ3n) is 2.33. The van der Waals surface area contributed by atoms with Gasteiger partial charge in [0.25, 0.3) is 0 Å². The maximum atomic E-state index is 13.1. The summed E-state index contributed by atoms with van der Waals surface area (Å²) in [4.78, 5) is 7.15. The first kappa shape index (κ1) is 11.0. The SMILES string of the molecule is Cc1cc(-c2ccc(F)c(C)c2)nc(=S)[nH]1. The van der Waals surface area contributed by atoms with E-state index >= 15 is 0 Å². The zero-order chi connectivity index (χ0) is 11.7. The minimum absolute atomic E-state index is 0.207. The quantitative estimate of drug-likeness (QED) is 0.764. The molecule has 1 aromatic carbocycles. The molecule has 0 fully saturated rings. The van der Waals surface area contributed by atoms with Crippen LogP contribution in [0.15, 0.2) is 24.3 Å². The molecule has 2 rings (SSSR count). The molecule has 82 valence electrons. The second-order valence-corrected chi connectivity index (χ2v) is 4.11. The van der Waals surface area contributed by atoms with Crippen LogP contribution >= 0.6 is 12.2 Å². The first-order valence-electron chi connectivity index (χ1n) is 4.91. The highest BCUT2D eigenvalue weighted by molar-refractivity contribution is 7.71. The molecule has 0 saturated heterocycles. The highest BCUT2D eigenvalue weighted by atomic mass is 32.1. The van der Waals surface area contributed by atoms with Gasteiger partial charge in [0.1, 0.15) is 5.82 Å². The molecule has 0 amide bonds. The van der Waals surface area contributed by atoms with Gasteiger partial charge in [-0.25, -0.2) is 9.37 Å². The third-order valence-corrected chi connectivity index (χ3v) is 2.53. The van der Waals surface area contributed by atoms with Gasteiger partial charge in [-0.2, -0.15) is 0 Å². The van der Waals surface area contributed by atoms with Crippen LogP contribution in [0.3, 0.4) is 0 Å². The Morgan fingerprint density at radius 2 is 2.00 bits per heavy atom. The molecular formula is C12H11FN2S. The Hall–Kier alpha value is -1.55. The number of hydrogen-bond donors (Lipinski definition) is 1. The summed E-state index contributed by atoms with van der Waals surface area (Å²) in [5.41, 5.74) is 3.19. The standard InChI is InChI=1S/C12H11FN2S/c1-7-5-9(3-4-10(7)13)11-6-8(2)14-12(16)15-11/h3-6H,1-2H3,(H,14,15,16). The Kier molecular flexibility index (Phi) is 2.83. The third kappa shape index (κ3) is 2.17. The van der Waals surface area contributed by atoms with E-state index in [-0.39, 0.29) is 5.82 Å². The molecule has 0 saturated carbocycles. The van der Waals surface area contributed by atoms with Gasteiger partial charge in [-0.1, -0.05) is 0 Å². The van der Waals surface area contributed by atoms with Crippen LogP contribution in [0.4, 0.5) is 4.39 Å². The number of hydrogen-bond acceptors (Lipinski definition) is 2. The summed E-state index contributed by atoms with van der Waals surface area (Å²) in [5.74, 6) is -0.207. The van der Waals surface area contributed by atoms with Gasteiger partial charge in [0.05, 0.1) is 5.69 Å². The van der Waals surface area contributed by atoms with Gasteiger partial charge in [-0.05, 0) is 55.9 Å². The van der Waals surface area contributed by atoms with Crippen LogP contribution in [-0.4, -0.2) is 9.97 Å². The first-order chi connectivity index (χ1) is 7.56. The highest BCUT2D eigenvalue weighted by Gasteiger charge is 2.03. The summed E-state index contributed by atoms with van der Waals surface area (Å²) in [6.07, 6.45) is 0. The molecule has 0 spiro atoms. The van der Waals surface area contributed by atoms with Gasteiger partial charge in [0.15, 0.2) is 4.77 Å². The number of aryl methyl sites for hydroxylation is 2. The van der Waals surface area contributed by atoms with Crippen molar-refractivity contribution in [3.63, 3.8) is 0 Å². The van der Waals surface area contributed by atoms with E-state index in [0.717, 1.165) is 17.0 Å². The molecule has 4 heteroatoms. The number of H-pyrrole nitrogens is 1. The maximum Gasteiger partial charge on any atom is 0.197 e. The summed E-state index contributed by atoms with van der Waals surface area (Å²) in [7, 11) is 0. The first-order valence-corrected chi connectivity index (χ1v) is 5.31. The number of nitrogens with zero attached hydrogens (tertiary/aromatic N) is 1. The van der Waals surface area contributed by atoms with E-state index in [1.54, 1.807) is 19.1 Å². The molecule has 0 aliphatic rings. The zero-order valence-electron chi connectivity index (χ0n) is 9.04. The molecule has 0 aliphatic heterocycles. The van der Waals surface area contributed by atoms with E-state index in [9.17, 15) is 4.39 Å². The molecule has 0 bridgehead atoms. The molecule has 1 heterocycles. The molecule has 0 radical (unpaired) electrons. The minimum atomic E-state index is -0.207. The number of aromatic nitrogens is 2. The van der Waals surface area contributed by atoms with Crippen LogP contribution in [-0.2, 0) is 0 Å². The van der Waals surface area contributed by atoms with Crippen molar-refractivity contribution < 1.29 is 4.39 Å². The van der Waals surface area contributed by atoms with E-state index < -0.39 is 0 Å². The fourth-order valence-electron chi connectivity index (χ4n) is 1.53. The van der Waals surface area contributed by atoms with Crippen molar-refractivity contribution in [2.45, 2.75) is 13.8 Å². The van der Waals surface area contributed by atoms with E-state index in [2.05, 4.69) is 9.97 Å². The van der Waals surface area contributed by atoms with E-state index in [0.29, 0.717) is 10.3 Å². The zero-order valence-corrected chi connectivity index (χ0v) is 9.86. The maximum absolute atomic E-state index is 13.1. The number of rotatable bonds is 1. The van der Waals surface area contributed by atoms with E-state index in [4.69, 9.17) is 12.2 Å². The lowest BCUT2D eigenvalue weighted by molar-refractivity contribution is 0.619. The second-order valence-electron chi connectivity index (χ2n) is 3.72. The van der Waals surface area contributed by atoms with Crippen molar-refractivity contribution in [1.29, 1.82) is 0 Å². The summed E-state index contributed by atoms with van der Waals surface area (Å²) in [6.45, 7) is 3.65. The van der Waals surface area contributed by atoms with E-state index in [1.165, 1.54) is 6.07 Å². The normalized spacial score (nSPS) is 10.4. The number of nitrogens with one attached hydrogen (secondary N) is 1. The lowest BCUT2D eigenvalue weighted by atomic mass is 10.1. The fraction of sp³-hybridized carbons (Fsp3) is 0.167. The molecule has 0 aliphatic carbocycles. The topological polar surface area (TPSA) is 28.7 Å². The summed E-state index contributed by atoms with van der Waals surface area (Å²) >= 11 is 5.00. The average molecular weight is 234 g/mol. The van der Waals surface area contributed by atoms with Crippen LogP contribution in [0, 0.1) is 24.4 Å². The average Bonchev–Trinajstić information content (AvgIpc) is 2.20. The van der Waals surface area contributed by atoms with Gasteiger partial charge in [-0.15, -0.1) is 0 Å². The lowest BCUT2D eigenvalue weighted by Crippen LogP contribution is -1.91. The molecule has 1 N–H and O–H groups in total. The second kappa shape index (κ2) is 4.14. The summed E-state index contributed by atoms with van der Waals surface area (Å²) < 4.78 is 13.6. The molecule has 0 unspecified atom stereocenters. The molecular weight excluding hydrogens is 223 g/mol. The van der Waals surface area contributed by atoms with Crippen LogP contribution in [0.5, 0.6) is 0 Å². The summed E-state index contributed by atoms with van der Waals surface area (Å²) in [6, 6.07) is 6.81. The number of halogens is 1. The Morgan fingerprint density at radius 3 is 2.62 bits per heavy atom. The number of aromatic amines is 1. The van der Waals surface area contributed by atoms with E-state index in [1.807, 2.05) is 13.0 Å². The molecule has 16 heavy (non-hydrogen) atoms. The molecule has 2 nitrogen and oxygen atoms in total. The minimum Gasteiger partial charge on any atom is -0.335 e. The fourth-order valence-corrected chi connectivity index (χ4v) is 1.79. The van der Waals surface area contributed by atoms with Crippen molar-refractivity contribution in [3.05, 3.63) is 46.1 Å². The Labute approximate surface area is 98.2 Å². The predicted molar refractivity (Wildman–Crippen MR) is 64.3 cm³/mol. The van der Waals surface area contributed by atoms with Crippen LogP contribution in [0.1, 0.15) is 11.3 Å². The predicted octanol–water partition coefficient (Wildman–Crippen LogP) is 3.56. The Morgan fingerprint density at radius 1 is 1.25 bits per heavy atom. The summed E-state index contributed by atoms with van der Waals surface area (Å²) in [5, 5.41) is 0. The monoisotopic (exact) mass is 234 g/mol. The van der Waals surface area contributed by atoms with Crippen LogP contribution in [0.25, 0.3) is 11.3 Å². The molecule has 1 aromatic heterocycles. The lowest BCUT2D eigenvalue weighted by Gasteiger charge is -2.04. The highest BCUT2D eigenvalue weighted by Crippen LogP contribution is 2.20. The Bertz CT molecular complexity index is 590. The van der Waals surface area contributed by atoms with Crippen LogP contribution < -0.4 is 0 Å². The van der Waals surface area contributed by atoms with Crippen molar-refractivity contribution in [2.24, 2.45) is 0 Å².